The van der Waals surface area contributed by atoms with Crippen LogP contribution in [-0.2, 0) is 5.75 Å². The van der Waals surface area contributed by atoms with Gasteiger partial charge in [-0.3, -0.25) is 5.41 Å². The number of nitrogens with two attached hydrogens (primary N) is 2. The highest BCUT2D eigenvalue weighted by molar-refractivity contribution is 8.13. The molecule has 0 fully saturated rings. The Labute approximate surface area is 107 Å². The molecule has 1 aromatic rings. The highest BCUT2D eigenvalue weighted by Gasteiger charge is 2.05. The van der Waals surface area contributed by atoms with E-state index in [0.717, 1.165) is 11.8 Å². The van der Waals surface area contributed by atoms with Crippen LogP contribution in [0.3, 0.4) is 0 Å². The standard InChI is InChI=1S/C8H9Cl2N5S/c9-4-1-2-6(10)14-5(4)3-16-8(13)15-7(11)12/h1-2H,3H2,(H5,11,12,13,15). The fourth-order valence-corrected chi connectivity index (χ4v) is 1.92. The smallest absolute Gasteiger partial charge is 0.193 e. The summed E-state index contributed by atoms with van der Waals surface area (Å²) >= 11 is 12.7. The van der Waals surface area contributed by atoms with Gasteiger partial charge in [-0.25, -0.2) is 4.98 Å². The van der Waals surface area contributed by atoms with Crippen molar-refractivity contribution in [3.8, 4) is 0 Å². The summed E-state index contributed by atoms with van der Waals surface area (Å²) in [6.07, 6.45) is 0. The van der Waals surface area contributed by atoms with Crippen molar-refractivity contribution < 1.29 is 0 Å². The van der Waals surface area contributed by atoms with Crippen molar-refractivity contribution in [2.45, 2.75) is 5.75 Å². The van der Waals surface area contributed by atoms with E-state index < -0.39 is 0 Å². The number of amidine groups is 1. The summed E-state index contributed by atoms with van der Waals surface area (Å²) < 4.78 is 0. The first-order chi connectivity index (χ1) is 7.49. The number of guanidine groups is 1. The van der Waals surface area contributed by atoms with Gasteiger partial charge in [0.2, 0.25) is 0 Å². The summed E-state index contributed by atoms with van der Waals surface area (Å²) in [6, 6.07) is 3.25. The molecule has 0 amide bonds. The van der Waals surface area contributed by atoms with Crippen LogP contribution in [0.15, 0.2) is 17.1 Å². The third kappa shape index (κ3) is 4.26. The number of aromatic nitrogens is 1. The lowest BCUT2D eigenvalue weighted by Crippen LogP contribution is -2.23. The number of halogens is 2. The molecule has 0 saturated carbocycles. The van der Waals surface area contributed by atoms with Crippen LogP contribution >= 0.6 is 35.0 Å². The van der Waals surface area contributed by atoms with Crippen molar-refractivity contribution in [1.82, 2.24) is 4.98 Å². The summed E-state index contributed by atoms with van der Waals surface area (Å²) in [5, 5.41) is 8.25. The minimum Gasteiger partial charge on any atom is -0.370 e. The number of thioether (sulfide) groups is 1. The summed E-state index contributed by atoms with van der Waals surface area (Å²) in [5.74, 6) is 0.234. The van der Waals surface area contributed by atoms with Gasteiger partial charge in [0.1, 0.15) is 5.15 Å². The maximum absolute atomic E-state index is 7.40. The van der Waals surface area contributed by atoms with E-state index in [4.69, 9.17) is 40.1 Å². The molecule has 0 aliphatic carbocycles. The summed E-state index contributed by atoms with van der Waals surface area (Å²) in [4.78, 5) is 7.59. The van der Waals surface area contributed by atoms with Gasteiger partial charge in [-0.15, -0.1) is 0 Å². The van der Waals surface area contributed by atoms with Gasteiger partial charge in [-0.2, -0.15) is 4.99 Å². The van der Waals surface area contributed by atoms with Crippen molar-refractivity contribution in [1.29, 1.82) is 5.41 Å². The molecule has 1 rings (SSSR count). The fourth-order valence-electron chi connectivity index (χ4n) is 0.845. The Morgan fingerprint density at radius 1 is 1.44 bits per heavy atom. The van der Waals surface area contributed by atoms with Crippen LogP contribution in [0.4, 0.5) is 0 Å². The molecule has 5 nitrogen and oxygen atoms in total. The molecule has 0 radical (unpaired) electrons. The van der Waals surface area contributed by atoms with E-state index in [2.05, 4.69) is 9.98 Å². The van der Waals surface area contributed by atoms with Crippen molar-refractivity contribution >= 4 is 46.1 Å². The summed E-state index contributed by atoms with van der Waals surface area (Å²) in [7, 11) is 0. The highest BCUT2D eigenvalue weighted by atomic mass is 35.5. The van der Waals surface area contributed by atoms with E-state index in [1.165, 1.54) is 0 Å². The van der Waals surface area contributed by atoms with Gasteiger partial charge in [-0.1, -0.05) is 35.0 Å². The molecule has 0 spiro atoms. The quantitative estimate of drug-likeness (QED) is 0.436. The van der Waals surface area contributed by atoms with E-state index in [1.54, 1.807) is 12.1 Å². The number of rotatable bonds is 2. The minimum absolute atomic E-state index is 0.00200. The first-order valence-corrected chi connectivity index (χ1v) is 5.85. The first kappa shape index (κ1) is 13.1. The van der Waals surface area contributed by atoms with Crippen molar-refractivity contribution in [3.63, 3.8) is 0 Å². The zero-order valence-electron chi connectivity index (χ0n) is 8.08. The van der Waals surface area contributed by atoms with Crippen molar-refractivity contribution in [2.75, 3.05) is 0 Å². The van der Waals surface area contributed by atoms with E-state index >= 15 is 0 Å². The van der Waals surface area contributed by atoms with Crippen LogP contribution in [0.5, 0.6) is 0 Å². The zero-order valence-corrected chi connectivity index (χ0v) is 10.4. The number of nitrogens with zero attached hydrogens (tertiary/aromatic N) is 2. The van der Waals surface area contributed by atoms with Gasteiger partial charge in [0, 0.05) is 5.75 Å². The SMILES string of the molecule is N=C(N=C(N)N)SCc1nc(Cl)ccc1Cl. The van der Waals surface area contributed by atoms with Gasteiger partial charge in [0.25, 0.3) is 0 Å². The second-order valence-corrected chi connectivity index (χ2v) is 4.45. The zero-order chi connectivity index (χ0) is 12.1. The van der Waals surface area contributed by atoms with Crippen LogP contribution in [0.25, 0.3) is 0 Å². The van der Waals surface area contributed by atoms with Gasteiger partial charge >= 0.3 is 0 Å². The molecule has 16 heavy (non-hydrogen) atoms. The second kappa shape index (κ2) is 5.93. The maximum atomic E-state index is 7.40. The molecule has 0 aliphatic heterocycles. The van der Waals surface area contributed by atoms with Crippen molar-refractivity contribution in [2.24, 2.45) is 16.5 Å². The predicted molar refractivity (Wildman–Crippen MR) is 69.1 cm³/mol. The van der Waals surface area contributed by atoms with Gasteiger partial charge in [0.05, 0.1) is 10.7 Å². The normalized spacial score (nSPS) is 9.88. The Morgan fingerprint density at radius 2 is 2.12 bits per heavy atom. The number of hydrogen-bond donors (Lipinski definition) is 3. The van der Waals surface area contributed by atoms with Crippen LogP contribution in [0.2, 0.25) is 10.2 Å². The Morgan fingerprint density at radius 3 is 2.75 bits per heavy atom. The lowest BCUT2D eigenvalue weighted by Gasteiger charge is -2.02. The molecule has 8 heteroatoms. The highest BCUT2D eigenvalue weighted by Crippen LogP contribution is 2.21. The molecule has 0 bridgehead atoms. The molecule has 0 unspecified atom stereocenters. The van der Waals surface area contributed by atoms with Crippen LogP contribution < -0.4 is 11.5 Å². The molecule has 1 aromatic heterocycles. The lowest BCUT2D eigenvalue weighted by molar-refractivity contribution is 1.18. The number of nitrogens with one attached hydrogen (secondary N) is 1. The maximum Gasteiger partial charge on any atom is 0.193 e. The van der Waals surface area contributed by atoms with E-state index in [1.807, 2.05) is 0 Å². The molecule has 0 saturated heterocycles. The summed E-state index contributed by atoms with van der Waals surface area (Å²) in [5.41, 5.74) is 10.8. The topological polar surface area (TPSA) is 101 Å². The fraction of sp³-hybridized carbons (Fsp3) is 0.125. The lowest BCUT2D eigenvalue weighted by atomic mass is 10.4. The van der Waals surface area contributed by atoms with E-state index in [9.17, 15) is 0 Å². The van der Waals surface area contributed by atoms with Gasteiger partial charge in [-0.05, 0) is 12.1 Å². The monoisotopic (exact) mass is 277 g/mol. The van der Waals surface area contributed by atoms with Gasteiger partial charge in [0.15, 0.2) is 11.1 Å². The number of pyridine rings is 1. The van der Waals surface area contributed by atoms with Crippen LogP contribution in [0.1, 0.15) is 5.69 Å². The van der Waals surface area contributed by atoms with E-state index in [0.29, 0.717) is 21.6 Å². The molecule has 5 N–H and O–H groups in total. The van der Waals surface area contributed by atoms with Crippen LogP contribution in [0, 0.1) is 5.41 Å². The Bertz CT molecular complexity index is 430. The molecule has 86 valence electrons. The Balaban J connectivity index is 2.64. The molecular weight excluding hydrogens is 269 g/mol. The third-order valence-corrected chi connectivity index (χ3v) is 2.80. The van der Waals surface area contributed by atoms with Crippen LogP contribution in [-0.4, -0.2) is 16.1 Å². The first-order valence-electron chi connectivity index (χ1n) is 4.11. The van der Waals surface area contributed by atoms with Gasteiger partial charge < -0.3 is 11.5 Å². The second-order valence-electron chi connectivity index (χ2n) is 2.69. The number of hydrogen-bond acceptors (Lipinski definition) is 3. The van der Waals surface area contributed by atoms with Crippen molar-refractivity contribution in [3.05, 3.63) is 28.0 Å². The average Bonchev–Trinajstić information content (AvgIpc) is 2.18. The molecule has 0 atom stereocenters. The Kier molecular flexibility index (Phi) is 4.85. The molecule has 1 heterocycles. The number of aliphatic imine (C=N–C) groups is 1. The van der Waals surface area contributed by atoms with E-state index in [-0.39, 0.29) is 11.1 Å². The largest absolute Gasteiger partial charge is 0.370 e. The molecular formula is C8H9Cl2N5S. The predicted octanol–water partition coefficient (Wildman–Crippen LogP) is 1.83. The summed E-state index contributed by atoms with van der Waals surface area (Å²) in [6.45, 7) is 0. The Hall–Kier alpha value is -0.980. The minimum atomic E-state index is -0.150. The molecule has 0 aromatic carbocycles. The molecule has 0 aliphatic rings. The average molecular weight is 278 g/mol. The third-order valence-electron chi connectivity index (χ3n) is 1.46.